The molecular formula is C3H8BrN. The normalized spacial score (nSPS) is 5.00. The van der Waals surface area contributed by atoms with Gasteiger partial charge in [0.25, 0.3) is 0 Å². The van der Waals surface area contributed by atoms with Crippen LogP contribution >= 0.6 is 0 Å². The maximum atomic E-state index is 3.49. The molecule has 0 aliphatic carbocycles. The first kappa shape index (κ1) is 8.95. The Labute approximate surface area is 42.6 Å². The lowest BCUT2D eigenvalue weighted by Crippen LogP contribution is -3.00. The molecule has 0 aromatic heterocycles. The van der Waals surface area contributed by atoms with Crippen LogP contribution in [0.15, 0.2) is 12.7 Å². The molecule has 0 rings (SSSR count). The maximum absolute atomic E-state index is 3.49. The molecule has 2 heteroatoms. The van der Waals surface area contributed by atoms with Gasteiger partial charge in [0.1, 0.15) is 0 Å². The van der Waals surface area contributed by atoms with Gasteiger partial charge in [-0.3, -0.25) is 0 Å². The highest BCUT2D eigenvalue weighted by atomic mass is 79.9. The van der Waals surface area contributed by atoms with E-state index in [1.807, 2.05) is 0 Å². The second-order valence-electron chi connectivity index (χ2n) is 0.577. The summed E-state index contributed by atoms with van der Waals surface area (Å²) >= 11 is 0. The minimum atomic E-state index is 0. The van der Waals surface area contributed by atoms with Crippen molar-refractivity contribution < 1.29 is 22.7 Å². The fourth-order valence-electron chi connectivity index (χ4n) is 0. The summed E-state index contributed by atoms with van der Waals surface area (Å²) in [6.07, 6.45) is 1.76. The minimum absolute atomic E-state index is 0. The molecule has 0 radical (unpaired) electrons. The summed E-state index contributed by atoms with van der Waals surface area (Å²) in [6.45, 7) is 4.25. The fraction of sp³-hybridized carbons (Fsp3) is 0.333. The molecule has 0 spiro atoms. The molecule has 0 unspecified atom stereocenters. The van der Waals surface area contributed by atoms with Gasteiger partial charge < -0.3 is 22.7 Å². The van der Waals surface area contributed by atoms with Crippen LogP contribution in [0.4, 0.5) is 0 Å². The lowest BCUT2D eigenvalue weighted by molar-refractivity contribution is -0.352. The zero-order valence-corrected chi connectivity index (χ0v) is 4.66. The van der Waals surface area contributed by atoms with E-state index >= 15 is 0 Å². The van der Waals surface area contributed by atoms with Gasteiger partial charge in [-0.2, -0.15) is 0 Å². The molecule has 0 saturated heterocycles. The molecule has 5 heavy (non-hydrogen) atoms. The molecule has 0 bridgehead atoms. The molecule has 0 aliphatic heterocycles. The van der Waals surface area contributed by atoms with Crippen molar-refractivity contribution in [3.8, 4) is 0 Å². The third-order valence-electron chi connectivity index (χ3n) is 0.204. The van der Waals surface area contributed by atoms with E-state index in [1.54, 1.807) is 6.08 Å². The number of quaternary nitrogens is 1. The molecule has 0 heterocycles. The van der Waals surface area contributed by atoms with Crippen molar-refractivity contribution >= 4 is 0 Å². The van der Waals surface area contributed by atoms with Crippen LogP contribution in [-0.4, -0.2) is 6.54 Å². The largest absolute Gasteiger partial charge is 1.00 e. The first-order chi connectivity index (χ1) is 1.91. The zero-order valence-electron chi connectivity index (χ0n) is 3.08. The first-order valence-corrected chi connectivity index (χ1v) is 1.32. The highest BCUT2D eigenvalue weighted by molar-refractivity contribution is 4.59. The molecule has 0 aromatic rings. The molecule has 32 valence electrons. The number of hydrogen-bond acceptors (Lipinski definition) is 0. The summed E-state index contributed by atoms with van der Waals surface area (Å²) in [4.78, 5) is 0. The van der Waals surface area contributed by atoms with Gasteiger partial charge in [0.2, 0.25) is 0 Å². The third-order valence-corrected chi connectivity index (χ3v) is 0.204. The summed E-state index contributed by atoms with van der Waals surface area (Å²) in [5, 5.41) is 0. The van der Waals surface area contributed by atoms with Crippen LogP contribution in [0.1, 0.15) is 0 Å². The topological polar surface area (TPSA) is 27.6 Å². The van der Waals surface area contributed by atoms with Gasteiger partial charge in [-0.15, -0.1) is 0 Å². The van der Waals surface area contributed by atoms with E-state index in [1.165, 1.54) is 0 Å². The summed E-state index contributed by atoms with van der Waals surface area (Å²) in [5.74, 6) is 0. The molecule has 0 amide bonds. The van der Waals surface area contributed by atoms with Crippen LogP contribution in [0, 0.1) is 0 Å². The highest BCUT2D eigenvalue weighted by Crippen LogP contribution is 1.36. The molecule has 0 saturated carbocycles. The lowest BCUT2D eigenvalue weighted by atomic mass is 10.7. The van der Waals surface area contributed by atoms with Crippen LogP contribution in [0.3, 0.4) is 0 Å². The van der Waals surface area contributed by atoms with Crippen LogP contribution in [0.25, 0.3) is 0 Å². The van der Waals surface area contributed by atoms with Crippen molar-refractivity contribution in [3.05, 3.63) is 12.7 Å². The lowest BCUT2D eigenvalue weighted by Gasteiger charge is -1.57. The first-order valence-electron chi connectivity index (χ1n) is 1.32. The second kappa shape index (κ2) is 8.89. The van der Waals surface area contributed by atoms with E-state index in [-0.39, 0.29) is 17.0 Å². The van der Waals surface area contributed by atoms with Gasteiger partial charge in [-0.1, -0.05) is 6.58 Å². The van der Waals surface area contributed by atoms with Gasteiger partial charge >= 0.3 is 0 Å². The van der Waals surface area contributed by atoms with E-state index in [4.69, 9.17) is 0 Å². The predicted octanol–water partition coefficient (Wildman–Crippen LogP) is -3.58. The number of halogens is 1. The summed E-state index contributed by atoms with van der Waals surface area (Å²) in [7, 11) is 0. The molecule has 1 nitrogen and oxygen atoms in total. The Morgan fingerprint density at radius 3 is 2.00 bits per heavy atom. The van der Waals surface area contributed by atoms with Gasteiger partial charge in [0.15, 0.2) is 0 Å². The highest BCUT2D eigenvalue weighted by Gasteiger charge is 1.48. The third kappa shape index (κ3) is 14.3. The van der Waals surface area contributed by atoms with Gasteiger partial charge in [0, 0.05) is 0 Å². The van der Waals surface area contributed by atoms with Gasteiger partial charge in [-0.25, -0.2) is 0 Å². The van der Waals surface area contributed by atoms with Crippen molar-refractivity contribution in [2.24, 2.45) is 0 Å². The Kier molecular flexibility index (Phi) is 15.9. The molecule has 0 atom stereocenters. The van der Waals surface area contributed by atoms with Crippen molar-refractivity contribution in [2.45, 2.75) is 0 Å². The van der Waals surface area contributed by atoms with Gasteiger partial charge in [0.05, 0.1) is 6.54 Å². The Morgan fingerprint density at radius 1 is 1.80 bits per heavy atom. The van der Waals surface area contributed by atoms with E-state index in [2.05, 4.69) is 12.3 Å². The standard InChI is InChI=1S/C3H7N.BrH/c1-2-3-4;/h2H,1,3-4H2;1H. The SMILES string of the molecule is C=CC[NH3+].[Br-]. The fourth-order valence-corrected chi connectivity index (χ4v) is 0. The van der Waals surface area contributed by atoms with Crippen LogP contribution in [-0.2, 0) is 0 Å². The Balaban J connectivity index is 0. The molecular weight excluding hydrogens is 130 g/mol. The minimum Gasteiger partial charge on any atom is -1.00 e. The molecule has 0 aliphatic rings. The molecule has 3 N–H and O–H groups in total. The Bertz CT molecular complexity index is 20.9. The van der Waals surface area contributed by atoms with E-state index in [0.717, 1.165) is 6.54 Å². The average molecular weight is 138 g/mol. The van der Waals surface area contributed by atoms with Crippen molar-refractivity contribution in [3.63, 3.8) is 0 Å². The monoisotopic (exact) mass is 137 g/mol. The summed E-state index contributed by atoms with van der Waals surface area (Å²) in [6, 6.07) is 0. The number of hydrogen-bond donors (Lipinski definition) is 1. The second-order valence-corrected chi connectivity index (χ2v) is 0.577. The van der Waals surface area contributed by atoms with Gasteiger partial charge in [-0.05, 0) is 6.08 Å². The van der Waals surface area contributed by atoms with E-state index in [9.17, 15) is 0 Å². The molecule has 0 aromatic carbocycles. The van der Waals surface area contributed by atoms with Crippen LogP contribution < -0.4 is 22.7 Å². The average Bonchev–Trinajstić information content (AvgIpc) is 1.37. The quantitative estimate of drug-likeness (QED) is 0.363. The zero-order chi connectivity index (χ0) is 3.41. The van der Waals surface area contributed by atoms with E-state index < -0.39 is 0 Å². The smallest absolute Gasteiger partial charge is 0.0924 e. The maximum Gasteiger partial charge on any atom is 0.0924 e. The van der Waals surface area contributed by atoms with Crippen LogP contribution in [0.5, 0.6) is 0 Å². The molecule has 0 fully saturated rings. The van der Waals surface area contributed by atoms with E-state index in [0.29, 0.717) is 0 Å². The predicted molar refractivity (Wildman–Crippen MR) is 18.0 cm³/mol. The van der Waals surface area contributed by atoms with Crippen molar-refractivity contribution in [2.75, 3.05) is 6.54 Å². The summed E-state index contributed by atoms with van der Waals surface area (Å²) in [5.41, 5.74) is 3.49. The summed E-state index contributed by atoms with van der Waals surface area (Å²) < 4.78 is 0. The Morgan fingerprint density at radius 2 is 2.00 bits per heavy atom. The van der Waals surface area contributed by atoms with Crippen molar-refractivity contribution in [1.29, 1.82) is 0 Å². The van der Waals surface area contributed by atoms with Crippen molar-refractivity contribution in [1.82, 2.24) is 0 Å². The van der Waals surface area contributed by atoms with Crippen LogP contribution in [0.2, 0.25) is 0 Å². The Hall–Kier alpha value is 0.180. The number of rotatable bonds is 1.